The first-order valence-corrected chi connectivity index (χ1v) is 11.0. The molecule has 2 aromatic carbocycles. The molecule has 0 amide bonds. The highest BCUT2D eigenvalue weighted by molar-refractivity contribution is 7.89. The average molecular weight is 407 g/mol. The minimum atomic E-state index is -3.71. The van der Waals surface area contributed by atoms with Gasteiger partial charge in [0.2, 0.25) is 10.0 Å². The summed E-state index contributed by atoms with van der Waals surface area (Å²) in [4.78, 5) is 12.2. The maximum Gasteiger partial charge on any atom is 0.308 e. The van der Waals surface area contributed by atoms with Gasteiger partial charge in [-0.05, 0) is 43.7 Å². The first kappa shape index (κ1) is 19.6. The van der Waals surface area contributed by atoms with Crippen LogP contribution in [0.5, 0.6) is 5.75 Å². The number of benzene rings is 2. The Morgan fingerprint density at radius 1 is 1.19 bits per heavy atom. The predicted octanol–water partition coefficient (Wildman–Crippen LogP) is 3.22. The molecular weight excluding hydrogens is 384 g/mol. The number of rotatable bonds is 8. The Morgan fingerprint density at radius 2 is 1.93 bits per heavy atom. The topological polar surface area (TPSA) is 77.4 Å². The van der Waals surface area contributed by atoms with E-state index in [2.05, 4.69) is 4.72 Å². The second kappa shape index (κ2) is 8.24. The molecule has 1 atom stereocenters. The first-order valence-electron chi connectivity index (χ1n) is 8.74. The zero-order valence-corrected chi connectivity index (χ0v) is 16.8. The van der Waals surface area contributed by atoms with E-state index < -0.39 is 16.1 Å². The van der Waals surface area contributed by atoms with Gasteiger partial charge in [-0.25, -0.2) is 13.1 Å². The van der Waals surface area contributed by atoms with Crippen molar-refractivity contribution in [2.24, 2.45) is 0 Å². The second-order valence-corrected chi connectivity index (χ2v) is 9.00. The highest BCUT2D eigenvalue weighted by Gasteiger charge is 2.19. The van der Waals surface area contributed by atoms with E-state index in [9.17, 15) is 13.2 Å². The van der Waals surface area contributed by atoms with Crippen molar-refractivity contribution in [2.45, 2.75) is 37.8 Å². The van der Waals surface area contributed by atoms with Crippen molar-refractivity contribution in [1.82, 2.24) is 9.29 Å². The molecule has 0 saturated carbocycles. The van der Waals surface area contributed by atoms with Crippen molar-refractivity contribution >= 4 is 31.6 Å². The van der Waals surface area contributed by atoms with Crippen LogP contribution in [0.1, 0.15) is 20.3 Å². The summed E-state index contributed by atoms with van der Waals surface area (Å²) in [6.45, 7) is 4.58. The summed E-state index contributed by atoms with van der Waals surface area (Å²) in [6.07, 6.45) is 0.840. The molecule has 144 valence electrons. The minimum Gasteiger partial charge on any atom is -0.492 e. The van der Waals surface area contributed by atoms with Crippen molar-refractivity contribution in [1.29, 1.82) is 0 Å². The van der Waals surface area contributed by atoms with Crippen LogP contribution in [-0.4, -0.2) is 25.6 Å². The SMILES string of the molecule is CCCn1c(=O)sc2cc(S(=O)(=O)N[C@@H](C)COc3ccccc3)ccc21. The van der Waals surface area contributed by atoms with Crippen LogP contribution in [0.2, 0.25) is 0 Å². The van der Waals surface area contributed by atoms with Crippen LogP contribution in [0.25, 0.3) is 10.2 Å². The number of sulfonamides is 1. The Balaban J connectivity index is 1.75. The maximum absolute atomic E-state index is 12.7. The zero-order chi connectivity index (χ0) is 19.4. The third-order valence-corrected chi connectivity index (χ3v) is 6.53. The Bertz CT molecular complexity index is 1070. The Labute approximate surface area is 162 Å². The lowest BCUT2D eigenvalue weighted by Crippen LogP contribution is -2.36. The molecule has 0 fully saturated rings. The minimum absolute atomic E-state index is 0.0704. The molecule has 0 saturated heterocycles. The number of thiazole rings is 1. The van der Waals surface area contributed by atoms with Crippen molar-refractivity contribution in [3.63, 3.8) is 0 Å². The lowest BCUT2D eigenvalue weighted by Gasteiger charge is -2.15. The maximum atomic E-state index is 12.7. The number of fused-ring (bicyclic) bond motifs is 1. The summed E-state index contributed by atoms with van der Waals surface area (Å²) < 4.78 is 35.9. The van der Waals surface area contributed by atoms with Crippen molar-refractivity contribution in [3.8, 4) is 5.75 Å². The number of ether oxygens (including phenoxy) is 1. The van der Waals surface area contributed by atoms with Gasteiger partial charge in [0.05, 0.1) is 21.2 Å². The van der Waals surface area contributed by atoms with E-state index in [-0.39, 0.29) is 16.4 Å². The molecule has 0 radical (unpaired) electrons. The number of hydrogen-bond donors (Lipinski definition) is 1. The monoisotopic (exact) mass is 406 g/mol. The summed E-state index contributed by atoms with van der Waals surface area (Å²) in [6, 6.07) is 13.6. The highest BCUT2D eigenvalue weighted by atomic mass is 32.2. The fraction of sp³-hybridized carbons (Fsp3) is 0.316. The van der Waals surface area contributed by atoms with Crippen molar-refractivity contribution in [2.75, 3.05) is 6.61 Å². The van der Waals surface area contributed by atoms with Gasteiger partial charge in [0.25, 0.3) is 0 Å². The van der Waals surface area contributed by atoms with Crippen molar-refractivity contribution < 1.29 is 13.2 Å². The van der Waals surface area contributed by atoms with Crippen molar-refractivity contribution in [3.05, 3.63) is 58.2 Å². The van der Waals surface area contributed by atoms with E-state index in [1.807, 2.05) is 37.3 Å². The van der Waals surface area contributed by atoms with Gasteiger partial charge < -0.3 is 4.74 Å². The Hall–Kier alpha value is -2.16. The van der Waals surface area contributed by atoms with E-state index in [1.54, 1.807) is 23.6 Å². The van der Waals surface area contributed by atoms with Gasteiger partial charge in [-0.15, -0.1) is 0 Å². The number of aryl methyl sites for hydroxylation is 1. The molecule has 0 aliphatic rings. The van der Waals surface area contributed by atoms with Crippen LogP contribution < -0.4 is 14.3 Å². The molecular formula is C19H22N2O4S2. The molecule has 1 heterocycles. The molecule has 6 nitrogen and oxygen atoms in total. The van der Waals surface area contributed by atoms with E-state index >= 15 is 0 Å². The summed E-state index contributed by atoms with van der Waals surface area (Å²) >= 11 is 1.07. The fourth-order valence-electron chi connectivity index (χ4n) is 2.75. The highest BCUT2D eigenvalue weighted by Crippen LogP contribution is 2.22. The molecule has 0 unspecified atom stereocenters. The van der Waals surface area contributed by atoms with Crippen LogP contribution in [0, 0.1) is 0 Å². The molecule has 0 aliphatic carbocycles. The molecule has 27 heavy (non-hydrogen) atoms. The Morgan fingerprint density at radius 3 is 2.63 bits per heavy atom. The number of aromatic nitrogens is 1. The van der Waals surface area contributed by atoms with Gasteiger partial charge >= 0.3 is 4.87 Å². The third kappa shape index (κ3) is 4.58. The van der Waals surface area contributed by atoms with Crippen LogP contribution in [0.4, 0.5) is 0 Å². The number of nitrogens with zero attached hydrogens (tertiary/aromatic N) is 1. The summed E-state index contributed by atoms with van der Waals surface area (Å²) in [7, 11) is -3.71. The van der Waals surface area contributed by atoms with Gasteiger partial charge in [-0.1, -0.05) is 36.5 Å². The molecule has 0 spiro atoms. The second-order valence-electron chi connectivity index (χ2n) is 6.30. The van der Waals surface area contributed by atoms with Crippen LogP contribution in [-0.2, 0) is 16.6 Å². The van der Waals surface area contributed by atoms with Crippen LogP contribution in [0.3, 0.4) is 0 Å². The summed E-state index contributed by atoms with van der Waals surface area (Å²) in [5, 5.41) is 0. The lowest BCUT2D eigenvalue weighted by atomic mass is 10.3. The molecule has 1 aromatic heterocycles. The largest absolute Gasteiger partial charge is 0.492 e. The first-order chi connectivity index (χ1) is 12.9. The van der Waals surface area contributed by atoms with Crippen LogP contribution in [0.15, 0.2) is 58.2 Å². The van der Waals surface area contributed by atoms with E-state index in [0.29, 0.717) is 17.0 Å². The third-order valence-electron chi connectivity index (χ3n) is 4.00. The van der Waals surface area contributed by atoms with Gasteiger partial charge in [0.15, 0.2) is 0 Å². The lowest BCUT2D eigenvalue weighted by molar-refractivity contribution is 0.287. The fourth-order valence-corrected chi connectivity index (χ4v) is 5.04. The number of hydrogen-bond acceptors (Lipinski definition) is 5. The standard InChI is InChI=1S/C19H22N2O4S2/c1-3-11-21-17-10-9-16(12-18(17)26-19(21)22)27(23,24)20-14(2)13-25-15-7-5-4-6-8-15/h4-10,12,14,20H,3,11,13H2,1-2H3/t14-/m0/s1. The number of para-hydroxylation sites is 1. The van der Waals surface area contributed by atoms with E-state index in [0.717, 1.165) is 23.3 Å². The molecule has 3 aromatic rings. The van der Waals surface area contributed by atoms with E-state index in [4.69, 9.17) is 4.74 Å². The van der Waals surface area contributed by atoms with Gasteiger partial charge in [-0.3, -0.25) is 9.36 Å². The molecule has 0 aliphatic heterocycles. The zero-order valence-electron chi connectivity index (χ0n) is 15.2. The van der Waals surface area contributed by atoms with Crippen LogP contribution >= 0.6 is 11.3 Å². The summed E-state index contributed by atoms with van der Waals surface area (Å²) in [5.41, 5.74) is 0.770. The molecule has 3 rings (SSSR count). The number of nitrogens with one attached hydrogen (secondary N) is 1. The summed E-state index contributed by atoms with van der Waals surface area (Å²) in [5.74, 6) is 0.687. The Kier molecular flexibility index (Phi) is 5.98. The average Bonchev–Trinajstić information content (AvgIpc) is 2.96. The molecule has 0 bridgehead atoms. The quantitative estimate of drug-likeness (QED) is 0.623. The molecule has 8 heteroatoms. The van der Waals surface area contributed by atoms with Gasteiger partial charge in [0, 0.05) is 6.54 Å². The van der Waals surface area contributed by atoms with Gasteiger partial charge in [0.1, 0.15) is 12.4 Å². The molecule has 1 N–H and O–H groups in total. The normalized spacial score (nSPS) is 13.0. The van der Waals surface area contributed by atoms with E-state index in [1.165, 1.54) is 6.07 Å². The predicted molar refractivity (Wildman–Crippen MR) is 108 cm³/mol. The van der Waals surface area contributed by atoms with Gasteiger partial charge in [-0.2, -0.15) is 0 Å². The smallest absolute Gasteiger partial charge is 0.308 e.